The molecule has 0 aliphatic rings. The van der Waals surface area contributed by atoms with E-state index in [1.165, 1.54) is 35.8 Å². The van der Waals surface area contributed by atoms with E-state index in [0.717, 1.165) is 25.7 Å². The summed E-state index contributed by atoms with van der Waals surface area (Å²) < 4.78 is 33.4. The number of hydrazone groups is 1. The summed E-state index contributed by atoms with van der Waals surface area (Å²) in [6, 6.07) is 14.5. The van der Waals surface area contributed by atoms with Crippen molar-refractivity contribution in [1.82, 2.24) is 20.4 Å². The molecular weight excluding hydrogens is 524 g/mol. The van der Waals surface area contributed by atoms with Crippen LogP contribution in [0.5, 0.6) is 5.75 Å². The number of hydrogen-bond donors (Lipinski definition) is 1. The van der Waals surface area contributed by atoms with Crippen LogP contribution in [0, 0.1) is 6.92 Å². The number of halogens is 2. The molecule has 0 saturated heterocycles. The molecule has 0 spiro atoms. The number of nitrogens with one attached hydrogen (secondary N) is 1. The molecule has 186 valence electrons. The second kappa shape index (κ2) is 12.2. The zero-order chi connectivity index (χ0) is 25.5. The number of para-hydroxylation sites is 1. The summed E-state index contributed by atoms with van der Waals surface area (Å²) in [6.45, 7) is 1.65. The first-order valence-electron chi connectivity index (χ1n) is 10.6. The Morgan fingerprint density at radius 1 is 1.17 bits per heavy atom. The number of nitrogens with zero attached hydrogens (tertiary/aromatic N) is 4. The van der Waals surface area contributed by atoms with Gasteiger partial charge in [0, 0.05) is 17.0 Å². The van der Waals surface area contributed by atoms with Crippen LogP contribution in [0.15, 0.2) is 63.1 Å². The van der Waals surface area contributed by atoms with Gasteiger partial charge in [-0.15, -0.1) is 11.3 Å². The molecule has 7 nitrogen and oxygen atoms in total. The van der Waals surface area contributed by atoms with Crippen LogP contribution in [-0.4, -0.2) is 39.9 Å². The second-order valence-electron chi connectivity index (χ2n) is 7.41. The maximum atomic E-state index is 13.0. The molecule has 2 aromatic carbocycles. The van der Waals surface area contributed by atoms with Gasteiger partial charge < -0.3 is 4.74 Å². The van der Waals surface area contributed by atoms with Gasteiger partial charge in [0.1, 0.15) is 11.4 Å². The fourth-order valence-electron chi connectivity index (χ4n) is 3.13. The monoisotopic (exact) mass is 545 g/mol. The van der Waals surface area contributed by atoms with Crippen LogP contribution in [0.4, 0.5) is 8.78 Å². The summed E-state index contributed by atoms with van der Waals surface area (Å²) in [5.41, 5.74) is 5.18. The van der Waals surface area contributed by atoms with Crippen molar-refractivity contribution < 1.29 is 18.3 Å². The third-order valence-corrected chi connectivity index (χ3v) is 7.82. The van der Waals surface area contributed by atoms with Crippen molar-refractivity contribution in [3.8, 4) is 5.75 Å². The van der Waals surface area contributed by atoms with E-state index in [1.54, 1.807) is 37.5 Å². The SMILES string of the molecule is COc1ccc(C=NNC(=O)CSc2nc3ccccc3s2)cc1CSc1nc(C)cc(C(F)F)n1. The lowest BCUT2D eigenvalue weighted by molar-refractivity contribution is -0.118. The summed E-state index contributed by atoms with van der Waals surface area (Å²) in [4.78, 5) is 24.8. The Balaban J connectivity index is 1.34. The number of carbonyl (C=O) groups is 1. The highest BCUT2D eigenvalue weighted by Gasteiger charge is 2.13. The average Bonchev–Trinajstić information content (AvgIpc) is 3.29. The minimum Gasteiger partial charge on any atom is -0.496 e. The molecule has 1 amide bonds. The van der Waals surface area contributed by atoms with Crippen LogP contribution in [0.25, 0.3) is 10.2 Å². The van der Waals surface area contributed by atoms with E-state index in [2.05, 4.69) is 25.5 Å². The number of fused-ring (bicyclic) bond motifs is 1. The number of methoxy groups -OCH3 is 1. The molecule has 0 aliphatic heterocycles. The maximum Gasteiger partial charge on any atom is 0.280 e. The van der Waals surface area contributed by atoms with Crippen molar-refractivity contribution in [3.63, 3.8) is 0 Å². The summed E-state index contributed by atoms with van der Waals surface area (Å²) >= 11 is 4.14. The predicted molar refractivity (Wildman–Crippen MR) is 140 cm³/mol. The quantitative estimate of drug-likeness (QED) is 0.115. The molecule has 4 rings (SSSR count). The van der Waals surface area contributed by atoms with Crippen LogP contribution in [0.3, 0.4) is 0 Å². The number of thiazole rings is 1. The van der Waals surface area contributed by atoms with Gasteiger partial charge in [-0.05, 0) is 48.9 Å². The smallest absolute Gasteiger partial charge is 0.280 e. The number of thioether (sulfide) groups is 2. The first-order chi connectivity index (χ1) is 17.4. The molecule has 0 atom stereocenters. The number of hydrogen-bond acceptors (Lipinski definition) is 9. The number of amides is 1. The van der Waals surface area contributed by atoms with Gasteiger partial charge in [0.15, 0.2) is 9.50 Å². The number of alkyl halides is 2. The summed E-state index contributed by atoms with van der Waals surface area (Å²) in [5.74, 6) is 0.991. The van der Waals surface area contributed by atoms with Crippen molar-refractivity contribution in [2.24, 2.45) is 5.10 Å². The third kappa shape index (κ3) is 6.99. The van der Waals surface area contributed by atoms with Gasteiger partial charge in [0.05, 0.1) is 29.3 Å². The van der Waals surface area contributed by atoms with Gasteiger partial charge in [-0.3, -0.25) is 4.79 Å². The van der Waals surface area contributed by atoms with Crippen molar-refractivity contribution in [2.45, 2.75) is 28.6 Å². The number of aryl methyl sites for hydroxylation is 1. The van der Waals surface area contributed by atoms with Crippen LogP contribution in [-0.2, 0) is 10.5 Å². The molecule has 36 heavy (non-hydrogen) atoms. The van der Waals surface area contributed by atoms with Gasteiger partial charge in [-0.1, -0.05) is 35.7 Å². The molecule has 2 heterocycles. The van der Waals surface area contributed by atoms with Crippen LogP contribution < -0.4 is 10.2 Å². The zero-order valence-corrected chi connectivity index (χ0v) is 21.7. The minimum absolute atomic E-state index is 0.193. The lowest BCUT2D eigenvalue weighted by atomic mass is 10.1. The maximum absolute atomic E-state index is 13.0. The van der Waals surface area contributed by atoms with Crippen molar-refractivity contribution in [2.75, 3.05) is 12.9 Å². The van der Waals surface area contributed by atoms with Crippen LogP contribution in [0.1, 0.15) is 28.9 Å². The van der Waals surface area contributed by atoms with Gasteiger partial charge in [-0.25, -0.2) is 29.2 Å². The first-order valence-corrected chi connectivity index (χ1v) is 13.4. The standard InChI is InChI=1S/C24H21F2N5O2S3/c1-14-9-18(22(25)26)29-23(28-14)34-12-16-10-15(7-8-19(16)33-2)11-27-31-21(32)13-35-24-30-17-5-3-4-6-20(17)36-24/h3-11,22H,12-13H2,1-2H3,(H,31,32). The Kier molecular flexibility index (Phi) is 8.83. The molecule has 0 radical (unpaired) electrons. The largest absolute Gasteiger partial charge is 0.496 e. The zero-order valence-electron chi connectivity index (χ0n) is 19.3. The fourth-order valence-corrected chi connectivity index (χ4v) is 5.88. The molecule has 12 heteroatoms. The van der Waals surface area contributed by atoms with E-state index >= 15 is 0 Å². The molecule has 0 bridgehead atoms. The number of carbonyl (C=O) groups excluding carboxylic acids is 1. The fraction of sp³-hybridized carbons (Fsp3) is 0.208. The molecule has 0 fully saturated rings. The summed E-state index contributed by atoms with van der Waals surface area (Å²) in [6.07, 6.45) is -1.12. The summed E-state index contributed by atoms with van der Waals surface area (Å²) in [5, 5.41) is 4.31. The Morgan fingerprint density at radius 2 is 2.00 bits per heavy atom. The van der Waals surface area contributed by atoms with E-state index in [9.17, 15) is 13.6 Å². The number of aromatic nitrogens is 3. The normalized spacial score (nSPS) is 11.5. The highest BCUT2D eigenvalue weighted by atomic mass is 32.2. The van der Waals surface area contributed by atoms with Crippen LogP contribution in [0.2, 0.25) is 0 Å². The number of rotatable bonds is 10. The van der Waals surface area contributed by atoms with Gasteiger partial charge in [0.25, 0.3) is 12.3 Å². The number of benzene rings is 2. The van der Waals surface area contributed by atoms with E-state index in [-0.39, 0.29) is 22.5 Å². The van der Waals surface area contributed by atoms with Gasteiger partial charge in [-0.2, -0.15) is 5.10 Å². The second-order valence-corrected chi connectivity index (χ2v) is 10.6. The van der Waals surface area contributed by atoms with Gasteiger partial charge in [0.2, 0.25) is 0 Å². The van der Waals surface area contributed by atoms with Gasteiger partial charge >= 0.3 is 0 Å². The Labute approximate surface area is 218 Å². The van der Waals surface area contributed by atoms with E-state index in [4.69, 9.17) is 4.74 Å². The molecule has 2 aromatic heterocycles. The van der Waals surface area contributed by atoms with Crippen molar-refractivity contribution in [3.05, 3.63) is 71.0 Å². The Hall–Kier alpha value is -3.09. The number of ether oxygens (including phenoxy) is 1. The molecular formula is C24H21F2N5O2S3. The molecule has 0 saturated carbocycles. The molecule has 0 aliphatic carbocycles. The Morgan fingerprint density at radius 3 is 2.78 bits per heavy atom. The lowest BCUT2D eigenvalue weighted by Crippen LogP contribution is -2.19. The molecule has 4 aromatic rings. The van der Waals surface area contributed by atoms with E-state index in [1.807, 2.05) is 30.3 Å². The molecule has 0 unspecified atom stereocenters. The molecule has 1 N–H and O–H groups in total. The minimum atomic E-state index is -2.66. The average molecular weight is 546 g/mol. The topological polar surface area (TPSA) is 89.4 Å². The van der Waals surface area contributed by atoms with Crippen molar-refractivity contribution in [1.29, 1.82) is 0 Å². The third-order valence-electron chi connectivity index (χ3n) is 4.74. The predicted octanol–water partition coefficient (Wildman–Crippen LogP) is 5.88. The van der Waals surface area contributed by atoms with E-state index in [0.29, 0.717) is 17.2 Å². The van der Waals surface area contributed by atoms with Crippen LogP contribution >= 0.6 is 34.9 Å². The first kappa shape index (κ1) is 26.0. The highest BCUT2D eigenvalue weighted by Crippen LogP contribution is 2.30. The summed E-state index contributed by atoms with van der Waals surface area (Å²) in [7, 11) is 1.55. The Bertz CT molecular complexity index is 1360. The van der Waals surface area contributed by atoms with Crippen molar-refractivity contribution >= 4 is 57.2 Å². The lowest BCUT2D eigenvalue weighted by Gasteiger charge is -2.10. The highest BCUT2D eigenvalue weighted by molar-refractivity contribution is 8.01. The van der Waals surface area contributed by atoms with E-state index < -0.39 is 6.43 Å².